The van der Waals surface area contributed by atoms with Crippen molar-refractivity contribution in [2.45, 2.75) is 45.2 Å². The molecule has 1 heterocycles. The Morgan fingerprint density at radius 1 is 1.53 bits per heavy atom. The van der Waals surface area contributed by atoms with E-state index >= 15 is 0 Å². The molecular formula is C13H21N3O. The van der Waals surface area contributed by atoms with E-state index in [1.54, 1.807) is 0 Å². The Labute approximate surface area is 102 Å². The summed E-state index contributed by atoms with van der Waals surface area (Å²) in [6.07, 6.45) is 5.07. The molecule has 0 saturated heterocycles. The van der Waals surface area contributed by atoms with Gasteiger partial charge in [0.2, 0.25) is 5.91 Å². The molecule has 0 radical (unpaired) electrons. The van der Waals surface area contributed by atoms with Crippen LogP contribution in [0.1, 0.15) is 50.0 Å². The first-order chi connectivity index (χ1) is 8.02. The summed E-state index contributed by atoms with van der Waals surface area (Å²) >= 11 is 0. The van der Waals surface area contributed by atoms with Crippen molar-refractivity contribution >= 4 is 5.91 Å². The van der Waals surface area contributed by atoms with Gasteiger partial charge in [-0.15, -0.1) is 0 Å². The number of aromatic nitrogens is 1. The highest BCUT2D eigenvalue weighted by Gasteiger charge is 2.27. The lowest BCUT2D eigenvalue weighted by Gasteiger charge is -2.26. The minimum atomic E-state index is -0.266. The molecule has 4 nitrogen and oxygen atoms in total. The zero-order valence-corrected chi connectivity index (χ0v) is 10.5. The Morgan fingerprint density at radius 3 is 2.82 bits per heavy atom. The number of nitrogens with zero attached hydrogens (tertiary/aromatic N) is 1. The molecule has 0 bridgehead atoms. The molecular weight excluding hydrogens is 214 g/mol. The summed E-state index contributed by atoms with van der Waals surface area (Å²) in [7, 11) is 0. The third-order valence-corrected chi connectivity index (χ3v) is 3.61. The third-order valence-electron chi connectivity index (χ3n) is 3.61. The molecule has 0 spiro atoms. The first kappa shape index (κ1) is 12.2. The van der Waals surface area contributed by atoms with Gasteiger partial charge < -0.3 is 16.0 Å². The molecule has 0 aliphatic heterocycles. The Morgan fingerprint density at radius 2 is 2.24 bits per heavy atom. The van der Waals surface area contributed by atoms with Gasteiger partial charge in [-0.1, -0.05) is 13.8 Å². The highest BCUT2D eigenvalue weighted by Crippen LogP contribution is 2.32. The number of nitrogens with two attached hydrogens (primary N) is 2. The zero-order chi connectivity index (χ0) is 12.6. The SMILES string of the molecule is CC(C)C(C(N)=O)n1ccc2c1CCCC2N. The third kappa shape index (κ3) is 2.09. The molecule has 2 unspecified atom stereocenters. The molecule has 1 aromatic heterocycles. The molecule has 0 fully saturated rings. The highest BCUT2D eigenvalue weighted by molar-refractivity contribution is 5.78. The number of hydrogen-bond acceptors (Lipinski definition) is 2. The number of amides is 1. The lowest BCUT2D eigenvalue weighted by Crippen LogP contribution is -2.32. The number of rotatable bonds is 3. The van der Waals surface area contributed by atoms with Crippen LogP contribution in [-0.2, 0) is 11.2 Å². The maximum atomic E-state index is 11.6. The summed E-state index contributed by atoms with van der Waals surface area (Å²) in [5, 5.41) is 0. The van der Waals surface area contributed by atoms with E-state index in [4.69, 9.17) is 11.5 Å². The summed E-state index contributed by atoms with van der Waals surface area (Å²) in [4.78, 5) is 11.6. The van der Waals surface area contributed by atoms with Crippen molar-refractivity contribution in [1.29, 1.82) is 0 Å². The van der Waals surface area contributed by atoms with Gasteiger partial charge in [-0.25, -0.2) is 0 Å². The van der Waals surface area contributed by atoms with Gasteiger partial charge in [-0.3, -0.25) is 4.79 Å². The largest absolute Gasteiger partial charge is 0.368 e. The summed E-state index contributed by atoms with van der Waals surface area (Å²) in [6.45, 7) is 4.04. The van der Waals surface area contributed by atoms with Crippen LogP contribution in [0.3, 0.4) is 0 Å². The monoisotopic (exact) mass is 235 g/mol. The summed E-state index contributed by atoms with van der Waals surface area (Å²) in [6, 6.07) is 1.89. The maximum absolute atomic E-state index is 11.6. The lowest BCUT2D eigenvalue weighted by molar-refractivity contribution is -0.122. The van der Waals surface area contributed by atoms with E-state index in [9.17, 15) is 4.79 Å². The molecule has 1 amide bonds. The molecule has 1 aliphatic rings. The van der Waals surface area contributed by atoms with Crippen molar-refractivity contribution in [1.82, 2.24) is 4.57 Å². The Balaban J connectivity index is 2.42. The van der Waals surface area contributed by atoms with Crippen LogP contribution in [0, 0.1) is 5.92 Å². The lowest BCUT2D eigenvalue weighted by atomic mass is 9.93. The standard InChI is InChI=1S/C13H21N3O/c1-8(2)12(13(15)17)16-7-6-9-10(14)4-3-5-11(9)16/h6-8,10,12H,3-5,14H2,1-2H3,(H2,15,17). The van der Waals surface area contributed by atoms with Gasteiger partial charge in [0.05, 0.1) is 0 Å². The first-order valence-corrected chi connectivity index (χ1v) is 6.27. The van der Waals surface area contributed by atoms with Gasteiger partial charge in [-0.05, 0) is 36.8 Å². The second-order valence-corrected chi connectivity index (χ2v) is 5.21. The van der Waals surface area contributed by atoms with Gasteiger partial charge in [0.1, 0.15) is 6.04 Å². The van der Waals surface area contributed by atoms with Gasteiger partial charge in [0.15, 0.2) is 0 Å². The maximum Gasteiger partial charge on any atom is 0.240 e. The van der Waals surface area contributed by atoms with Gasteiger partial charge in [0.25, 0.3) is 0 Å². The Kier molecular flexibility index (Phi) is 3.24. The number of fused-ring (bicyclic) bond motifs is 1. The van der Waals surface area contributed by atoms with E-state index < -0.39 is 0 Å². The fourth-order valence-corrected chi connectivity index (χ4v) is 2.80. The molecule has 0 aromatic carbocycles. The predicted octanol–water partition coefficient (Wildman–Crippen LogP) is 1.51. The molecule has 1 aliphatic carbocycles. The van der Waals surface area contributed by atoms with Crippen LogP contribution in [0.5, 0.6) is 0 Å². The van der Waals surface area contributed by atoms with Crippen LogP contribution in [0.25, 0.3) is 0 Å². The van der Waals surface area contributed by atoms with Crippen molar-refractivity contribution < 1.29 is 4.79 Å². The highest BCUT2D eigenvalue weighted by atomic mass is 16.1. The van der Waals surface area contributed by atoms with Crippen molar-refractivity contribution in [3.63, 3.8) is 0 Å². The second kappa shape index (κ2) is 4.53. The molecule has 2 atom stereocenters. The normalized spacial score (nSPS) is 21.3. The number of hydrogen-bond donors (Lipinski definition) is 2. The Bertz CT molecular complexity index is 422. The van der Waals surface area contributed by atoms with E-state index in [0.29, 0.717) is 0 Å². The fourth-order valence-electron chi connectivity index (χ4n) is 2.80. The average molecular weight is 235 g/mol. The van der Waals surface area contributed by atoms with Crippen LogP contribution >= 0.6 is 0 Å². The van der Waals surface area contributed by atoms with E-state index in [0.717, 1.165) is 19.3 Å². The smallest absolute Gasteiger partial charge is 0.240 e. The quantitative estimate of drug-likeness (QED) is 0.833. The molecule has 4 N–H and O–H groups in total. The van der Waals surface area contributed by atoms with E-state index in [2.05, 4.69) is 0 Å². The topological polar surface area (TPSA) is 74.0 Å². The van der Waals surface area contributed by atoms with E-state index in [1.165, 1.54) is 11.3 Å². The summed E-state index contributed by atoms with van der Waals surface area (Å²) in [5.74, 6) is -0.0697. The number of primary amides is 1. The molecule has 4 heteroatoms. The van der Waals surface area contributed by atoms with Crippen LogP contribution in [-0.4, -0.2) is 10.5 Å². The van der Waals surface area contributed by atoms with Crippen molar-refractivity contribution in [3.05, 3.63) is 23.5 Å². The van der Waals surface area contributed by atoms with Crippen molar-refractivity contribution in [2.24, 2.45) is 17.4 Å². The molecule has 0 saturated carbocycles. The zero-order valence-electron chi connectivity index (χ0n) is 10.5. The van der Waals surface area contributed by atoms with Gasteiger partial charge in [-0.2, -0.15) is 0 Å². The summed E-state index contributed by atoms with van der Waals surface area (Å²) in [5.41, 5.74) is 14.0. The van der Waals surface area contributed by atoms with Crippen molar-refractivity contribution in [3.8, 4) is 0 Å². The first-order valence-electron chi connectivity index (χ1n) is 6.27. The number of carbonyl (C=O) groups excluding carboxylic acids is 1. The predicted molar refractivity (Wildman–Crippen MR) is 67.4 cm³/mol. The molecule has 2 rings (SSSR count). The van der Waals surface area contributed by atoms with Crippen LogP contribution in [0.4, 0.5) is 0 Å². The molecule has 17 heavy (non-hydrogen) atoms. The van der Waals surface area contributed by atoms with Crippen LogP contribution in [0.15, 0.2) is 12.3 Å². The fraction of sp³-hybridized carbons (Fsp3) is 0.615. The van der Waals surface area contributed by atoms with Crippen LogP contribution < -0.4 is 11.5 Å². The van der Waals surface area contributed by atoms with E-state index in [-0.39, 0.29) is 23.9 Å². The number of carbonyl (C=O) groups is 1. The van der Waals surface area contributed by atoms with E-state index in [1.807, 2.05) is 30.7 Å². The minimum Gasteiger partial charge on any atom is -0.368 e. The average Bonchev–Trinajstić information content (AvgIpc) is 2.63. The van der Waals surface area contributed by atoms with Gasteiger partial charge in [0, 0.05) is 17.9 Å². The Hall–Kier alpha value is -1.29. The van der Waals surface area contributed by atoms with Crippen LogP contribution in [0.2, 0.25) is 0 Å². The minimum absolute atomic E-state index is 0.112. The van der Waals surface area contributed by atoms with Gasteiger partial charge >= 0.3 is 0 Å². The van der Waals surface area contributed by atoms with Crippen molar-refractivity contribution in [2.75, 3.05) is 0 Å². The second-order valence-electron chi connectivity index (χ2n) is 5.21. The molecule has 1 aromatic rings. The summed E-state index contributed by atoms with van der Waals surface area (Å²) < 4.78 is 2.03. The molecule has 94 valence electrons.